The first-order chi connectivity index (χ1) is 14.7. The number of esters is 1. The van der Waals surface area contributed by atoms with E-state index in [1.165, 1.54) is 18.4 Å². The van der Waals surface area contributed by atoms with Gasteiger partial charge in [0.2, 0.25) is 0 Å². The highest BCUT2D eigenvalue weighted by Gasteiger charge is 2.44. The van der Waals surface area contributed by atoms with Crippen LogP contribution in [0.1, 0.15) is 55.6 Å². The van der Waals surface area contributed by atoms with Gasteiger partial charge in [-0.05, 0) is 68.0 Å². The molecule has 1 heterocycles. The van der Waals surface area contributed by atoms with Crippen molar-refractivity contribution in [3.63, 3.8) is 0 Å². The van der Waals surface area contributed by atoms with E-state index in [-0.39, 0.29) is 18.4 Å². The van der Waals surface area contributed by atoms with Gasteiger partial charge in [-0.3, -0.25) is 9.69 Å². The van der Waals surface area contributed by atoms with Crippen molar-refractivity contribution in [2.24, 2.45) is 0 Å². The molecule has 0 aromatic heterocycles. The summed E-state index contributed by atoms with van der Waals surface area (Å²) in [4.78, 5) is 15.6. The molecule has 1 aliphatic heterocycles. The zero-order valence-electron chi connectivity index (χ0n) is 18.4. The summed E-state index contributed by atoms with van der Waals surface area (Å²) < 4.78 is 11.1. The second kappa shape index (κ2) is 11.0. The Hall–Kier alpha value is -2.04. The van der Waals surface area contributed by atoms with Gasteiger partial charge in [0, 0.05) is 6.54 Å². The highest BCUT2D eigenvalue weighted by atomic mass is 35.5. The number of piperidine rings is 1. The molecule has 1 aliphatic carbocycles. The van der Waals surface area contributed by atoms with Gasteiger partial charge in [0.25, 0.3) is 0 Å². The minimum atomic E-state index is -0.480. The van der Waals surface area contributed by atoms with Crippen LogP contribution in [0.25, 0.3) is 0 Å². The number of halogens is 1. The smallest absolute Gasteiger partial charge is 0.316 e. The number of methoxy groups -OCH3 is 1. The number of likely N-dealkylation sites (tertiary alicyclic amines) is 1. The SMILES string of the molecule is COc1ccc(C2(C(=O)OCCN3CCC(c4ccccc4)CC3)CCCC2)cc1.Cl. The molecule has 0 spiro atoms. The van der Waals surface area contributed by atoms with Crippen LogP contribution in [0.3, 0.4) is 0 Å². The van der Waals surface area contributed by atoms with Gasteiger partial charge in [-0.25, -0.2) is 0 Å². The fourth-order valence-electron chi connectivity index (χ4n) is 5.12. The lowest BCUT2D eigenvalue weighted by molar-refractivity contribution is -0.151. The molecule has 0 radical (unpaired) electrons. The van der Waals surface area contributed by atoms with Crippen molar-refractivity contribution < 1.29 is 14.3 Å². The topological polar surface area (TPSA) is 38.8 Å². The summed E-state index contributed by atoms with van der Waals surface area (Å²) in [6, 6.07) is 18.8. The van der Waals surface area contributed by atoms with Crippen molar-refractivity contribution in [2.45, 2.75) is 49.9 Å². The van der Waals surface area contributed by atoms with E-state index in [0.717, 1.165) is 56.6 Å². The molecular weight excluding hydrogens is 410 g/mol. The summed E-state index contributed by atoms with van der Waals surface area (Å²) in [7, 11) is 1.66. The zero-order valence-corrected chi connectivity index (χ0v) is 19.2. The molecule has 0 bridgehead atoms. The van der Waals surface area contributed by atoms with Crippen molar-refractivity contribution >= 4 is 18.4 Å². The van der Waals surface area contributed by atoms with Crippen molar-refractivity contribution in [3.05, 3.63) is 65.7 Å². The molecule has 168 valence electrons. The Kier molecular flexibility index (Phi) is 8.39. The quantitative estimate of drug-likeness (QED) is 0.540. The van der Waals surface area contributed by atoms with Gasteiger partial charge in [-0.15, -0.1) is 12.4 Å². The Bertz CT molecular complexity index is 810. The lowest BCUT2D eigenvalue weighted by Crippen LogP contribution is -2.39. The monoisotopic (exact) mass is 443 g/mol. The van der Waals surface area contributed by atoms with Crippen LogP contribution in [0.4, 0.5) is 0 Å². The van der Waals surface area contributed by atoms with Gasteiger partial charge in [-0.2, -0.15) is 0 Å². The maximum absolute atomic E-state index is 13.1. The molecule has 0 unspecified atom stereocenters. The summed E-state index contributed by atoms with van der Waals surface area (Å²) in [6.07, 6.45) is 6.25. The molecule has 4 rings (SSSR count). The molecular formula is C26H34ClNO3. The minimum Gasteiger partial charge on any atom is -0.497 e. The summed E-state index contributed by atoms with van der Waals surface area (Å²) in [6.45, 7) is 3.44. The first-order valence-corrected chi connectivity index (χ1v) is 11.3. The van der Waals surface area contributed by atoms with Crippen molar-refractivity contribution in [1.29, 1.82) is 0 Å². The Morgan fingerprint density at radius 3 is 2.26 bits per heavy atom. The van der Waals surface area contributed by atoms with Crippen LogP contribution in [0.15, 0.2) is 54.6 Å². The molecule has 1 saturated heterocycles. The Morgan fingerprint density at radius 1 is 1.00 bits per heavy atom. The molecule has 2 fully saturated rings. The van der Waals surface area contributed by atoms with Gasteiger partial charge in [0.15, 0.2) is 0 Å². The standard InChI is InChI=1S/C26H33NO3.ClH/c1-29-24-11-9-23(10-12-24)26(15-5-6-16-26)25(28)30-20-19-27-17-13-22(14-18-27)21-7-3-2-4-8-21;/h2-4,7-12,22H,5-6,13-20H2,1H3;1H. The number of hydrogen-bond acceptors (Lipinski definition) is 4. The van der Waals surface area contributed by atoms with Crippen molar-refractivity contribution in [1.82, 2.24) is 4.90 Å². The Balaban J connectivity index is 0.00000272. The van der Waals surface area contributed by atoms with E-state index < -0.39 is 5.41 Å². The average Bonchev–Trinajstić information content (AvgIpc) is 3.31. The molecule has 2 aliphatic rings. The third kappa shape index (κ3) is 5.42. The highest BCUT2D eigenvalue weighted by Crippen LogP contribution is 2.42. The Morgan fingerprint density at radius 2 is 1.65 bits per heavy atom. The number of rotatable bonds is 7. The third-order valence-electron chi connectivity index (χ3n) is 6.99. The van der Waals surface area contributed by atoms with Crippen LogP contribution in [0, 0.1) is 0 Å². The molecule has 0 N–H and O–H groups in total. The summed E-state index contributed by atoms with van der Waals surface area (Å²) in [5.41, 5.74) is 2.03. The molecule has 5 heteroatoms. The van der Waals surface area contributed by atoms with Crippen molar-refractivity contribution in [3.8, 4) is 5.75 Å². The number of carbonyl (C=O) groups excluding carboxylic acids is 1. The van der Waals surface area contributed by atoms with Crippen LogP contribution in [0.5, 0.6) is 5.75 Å². The van der Waals surface area contributed by atoms with E-state index in [0.29, 0.717) is 12.5 Å². The van der Waals surface area contributed by atoms with Crippen LogP contribution in [-0.2, 0) is 14.9 Å². The van der Waals surface area contributed by atoms with Gasteiger partial charge in [0.05, 0.1) is 12.5 Å². The summed E-state index contributed by atoms with van der Waals surface area (Å²) in [5.74, 6) is 1.42. The fraction of sp³-hybridized carbons (Fsp3) is 0.500. The lowest BCUT2D eigenvalue weighted by Gasteiger charge is -2.32. The number of benzene rings is 2. The predicted octanol–water partition coefficient (Wildman–Crippen LogP) is 5.35. The van der Waals surface area contributed by atoms with E-state index in [9.17, 15) is 4.79 Å². The second-order valence-electron chi connectivity index (χ2n) is 8.68. The molecule has 0 amide bonds. The van der Waals surface area contributed by atoms with Crippen LogP contribution in [0.2, 0.25) is 0 Å². The summed E-state index contributed by atoms with van der Waals surface area (Å²) in [5, 5.41) is 0. The minimum absolute atomic E-state index is 0. The Labute approximate surface area is 192 Å². The normalized spacial score (nSPS) is 18.9. The summed E-state index contributed by atoms with van der Waals surface area (Å²) >= 11 is 0. The lowest BCUT2D eigenvalue weighted by atomic mass is 9.79. The average molecular weight is 444 g/mol. The molecule has 2 aromatic carbocycles. The van der Waals surface area contributed by atoms with E-state index >= 15 is 0 Å². The van der Waals surface area contributed by atoms with Gasteiger partial charge < -0.3 is 9.47 Å². The first kappa shape index (κ1) is 23.6. The van der Waals surface area contributed by atoms with Crippen LogP contribution in [-0.4, -0.2) is 44.2 Å². The second-order valence-corrected chi connectivity index (χ2v) is 8.68. The molecule has 0 atom stereocenters. The maximum atomic E-state index is 13.1. The fourth-order valence-corrected chi connectivity index (χ4v) is 5.12. The zero-order chi connectivity index (χ0) is 20.8. The predicted molar refractivity (Wildman–Crippen MR) is 126 cm³/mol. The van der Waals surface area contributed by atoms with E-state index in [4.69, 9.17) is 9.47 Å². The molecule has 4 nitrogen and oxygen atoms in total. The van der Waals surface area contributed by atoms with E-state index in [1.807, 2.05) is 24.3 Å². The van der Waals surface area contributed by atoms with Gasteiger partial charge in [0.1, 0.15) is 12.4 Å². The number of carbonyl (C=O) groups is 1. The highest BCUT2D eigenvalue weighted by molar-refractivity contribution is 5.85. The maximum Gasteiger partial charge on any atom is 0.316 e. The van der Waals surface area contributed by atoms with Crippen molar-refractivity contribution in [2.75, 3.05) is 33.4 Å². The van der Waals surface area contributed by atoms with Crippen LogP contribution >= 0.6 is 12.4 Å². The number of nitrogens with zero attached hydrogens (tertiary/aromatic N) is 1. The molecule has 1 saturated carbocycles. The molecule has 31 heavy (non-hydrogen) atoms. The largest absolute Gasteiger partial charge is 0.497 e. The number of ether oxygens (including phenoxy) is 2. The van der Waals surface area contributed by atoms with E-state index in [2.05, 4.69) is 35.2 Å². The first-order valence-electron chi connectivity index (χ1n) is 11.3. The van der Waals surface area contributed by atoms with E-state index in [1.54, 1.807) is 7.11 Å². The number of hydrogen-bond donors (Lipinski definition) is 0. The molecule has 2 aromatic rings. The van der Waals surface area contributed by atoms with Gasteiger partial charge >= 0.3 is 5.97 Å². The third-order valence-corrected chi connectivity index (χ3v) is 6.99. The van der Waals surface area contributed by atoms with Crippen LogP contribution < -0.4 is 4.74 Å². The van der Waals surface area contributed by atoms with Gasteiger partial charge in [-0.1, -0.05) is 55.3 Å².